The zero-order valence-corrected chi connectivity index (χ0v) is 15.8. The molecule has 1 heterocycles. The van der Waals surface area contributed by atoms with Crippen LogP contribution in [-0.4, -0.2) is 34.9 Å². The molecule has 0 amide bonds. The Kier molecular flexibility index (Phi) is 5.38. The number of sulfone groups is 1. The molecule has 6 nitrogen and oxygen atoms in total. The van der Waals surface area contributed by atoms with E-state index in [0.29, 0.717) is 30.9 Å². The third kappa shape index (κ3) is 4.22. The summed E-state index contributed by atoms with van der Waals surface area (Å²) in [6.45, 7) is 0.821. The van der Waals surface area contributed by atoms with Crippen molar-refractivity contribution in [2.75, 3.05) is 21.9 Å². The zero-order chi connectivity index (χ0) is 19.7. The second kappa shape index (κ2) is 7.43. The van der Waals surface area contributed by atoms with E-state index in [2.05, 4.69) is 5.32 Å². The fourth-order valence-corrected chi connectivity index (χ4v) is 5.10. The van der Waals surface area contributed by atoms with Gasteiger partial charge in [-0.25, -0.2) is 16.8 Å². The van der Waals surface area contributed by atoms with Crippen LogP contribution < -0.4 is 9.62 Å². The van der Waals surface area contributed by atoms with Crippen LogP contribution in [0.3, 0.4) is 0 Å². The monoisotopic (exact) mass is 416 g/mol. The fourth-order valence-electron chi connectivity index (χ4n) is 2.82. The molecule has 27 heavy (non-hydrogen) atoms. The molecule has 3 rings (SSSR count). The fraction of sp³-hybridized carbons (Fsp3) is 0.294. The summed E-state index contributed by atoms with van der Waals surface area (Å²) in [5.41, 5.74) is 1.99. The maximum absolute atomic E-state index is 12.5. The van der Waals surface area contributed by atoms with Crippen LogP contribution in [0.2, 0.25) is 0 Å². The summed E-state index contributed by atoms with van der Waals surface area (Å²) in [6, 6.07) is 12.2. The molecular formula is C17H18F2N2O4S2. The Hall–Kier alpha value is -2.20. The van der Waals surface area contributed by atoms with Crippen LogP contribution in [0.25, 0.3) is 0 Å². The van der Waals surface area contributed by atoms with Crippen molar-refractivity contribution < 1.29 is 25.6 Å². The molecule has 0 saturated carbocycles. The molecule has 0 spiro atoms. The van der Waals surface area contributed by atoms with Crippen molar-refractivity contribution in [3.63, 3.8) is 0 Å². The van der Waals surface area contributed by atoms with Gasteiger partial charge in [0.2, 0.25) is 19.9 Å². The van der Waals surface area contributed by atoms with Crippen LogP contribution >= 0.6 is 0 Å². The molecule has 146 valence electrons. The number of alkyl halides is 2. The number of rotatable bonds is 6. The molecule has 0 aromatic heterocycles. The molecule has 1 aliphatic heterocycles. The summed E-state index contributed by atoms with van der Waals surface area (Å²) < 4.78 is 73.3. The van der Waals surface area contributed by atoms with Crippen molar-refractivity contribution in [1.29, 1.82) is 0 Å². The summed E-state index contributed by atoms with van der Waals surface area (Å²) in [5.74, 6) is -3.32. The number of hydrogen-bond acceptors (Lipinski definition) is 5. The lowest BCUT2D eigenvalue weighted by Crippen LogP contribution is -2.25. The van der Waals surface area contributed by atoms with E-state index in [1.807, 2.05) is 6.07 Å². The van der Waals surface area contributed by atoms with Gasteiger partial charge in [-0.15, -0.1) is 0 Å². The third-order valence-electron chi connectivity index (χ3n) is 4.21. The highest BCUT2D eigenvalue weighted by Crippen LogP contribution is 2.25. The zero-order valence-electron chi connectivity index (χ0n) is 14.2. The quantitative estimate of drug-likeness (QED) is 0.783. The van der Waals surface area contributed by atoms with Gasteiger partial charge in [-0.1, -0.05) is 12.1 Å². The molecule has 10 heteroatoms. The standard InChI is InChI=1S/C17H18F2N2O4S2/c18-17(19)27(24,25)16-7-5-14(6-8-16)20-12-13-3-1-4-15(11-13)21-9-2-10-26(21,22)23/h1,3-8,11,17,20H,2,9-10,12H2. The van der Waals surface area contributed by atoms with Crippen LogP contribution in [0.4, 0.5) is 20.2 Å². The SMILES string of the molecule is O=S(=O)(c1ccc(NCc2cccc(N3CCCS3(=O)=O)c2)cc1)C(F)F. The van der Waals surface area contributed by atoms with E-state index >= 15 is 0 Å². The molecule has 1 N–H and O–H groups in total. The first-order chi connectivity index (χ1) is 12.7. The number of hydrogen-bond donors (Lipinski definition) is 1. The molecular weight excluding hydrogens is 398 g/mol. The summed E-state index contributed by atoms with van der Waals surface area (Å²) in [5, 5.41) is 3.06. The van der Waals surface area contributed by atoms with E-state index in [1.54, 1.807) is 18.2 Å². The molecule has 0 aliphatic carbocycles. The molecule has 0 bridgehead atoms. The van der Waals surface area contributed by atoms with Gasteiger partial charge in [0, 0.05) is 18.8 Å². The number of anilines is 2. The maximum atomic E-state index is 12.5. The van der Waals surface area contributed by atoms with Crippen molar-refractivity contribution in [2.45, 2.75) is 23.6 Å². The second-order valence-electron chi connectivity index (χ2n) is 6.10. The molecule has 1 fully saturated rings. The van der Waals surface area contributed by atoms with Crippen LogP contribution in [0, 0.1) is 0 Å². The van der Waals surface area contributed by atoms with E-state index in [9.17, 15) is 25.6 Å². The van der Waals surface area contributed by atoms with Gasteiger partial charge in [-0.3, -0.25) is 4.31 Å². The van der Waals surface area contributed by atoms with Crippen molar-refractivity contribution in [2.24, 2.45) is 0 Å². The van der Waals surface area contributed by atoms with Crippen LogP contribution in [-0.2, 0) is 26.4 Å². The Morgan fingerprint density at radius 2 is 1.81 bits per heavy atom. The maximum Gasteiger partial charge on any atom is 0.341 e. The summed E-state index contributed by atoms with van der Waals surface area (Å²) in [4.78, 5) is -0.440. The van der Waals surface area contributed by atoms with E-state index < -0.39 is 30.5 Å². The van der Waals surface area contributed by atoms with Gasteiger partial charge in [0.1, 0.15) is 0 Å². The molecule has 0 atom stereocenters. The Bertz CT molecular complexity index is 1020. The molecule has 2 aromatic carbocycles. The van der Waals surface area contributed by atoms with Crippen molar-refractivity contribution in [1.82, 2.24) is 0 Å². The molecule has 1 saturated heterocycles. The van der Waals surface area contributed by atoms with Gasteiger partial charge in [0.15, 0.2) is 0 Å². The number of nitrogens with zero attached hydrogens (tertiary/aromatic N) is 1. The average Bonchev–Trinajstić information content (AvgIpc) is 2.99. The van der Waals surface area contributed by atoms with E-state index in [4.69, 9.17) is 0 Å². The minimum absolute atomic E-state index is 0.142. The average molecular weight is 416 g/mol. The Morgan fingerprint density at radius 1 is 1.11 bits per heavy atom. The van der Waals surface area contributed by atoms with Crippen LogP contribution in [0.1, 0.15) is 12.0 Å². The molecule has 0 unspecified atom stereocenters. The predicted molar refractivity (Wildman–Crippen MR) is 99.2 cm³/mol. The van der Waals surface area contributed by atoms with Gasteiger partial charge < -0.3 is 5.32 Å². The van der Waals surface area contributed by atoms with E-state index in [1.165, 1.54) is 16.4 Å². The lowest BCUT2D eigenvalue weighted by atomic mass is 10.2. The first kappa shape index (κ1) is 19.6. The normalized spacial score (nSPS) is 16.6. The largest absolute Gasteiger partial charge is 0.381 e. The van der Waals surface area contributed by atoms with Crippen LogP contribution in [0.15, 0.2) is 53.4 Å². The topological polar surface area (TPSA) is 83.6 Å². The Morgan fingerprint density at radius 3 is 2.41 bits per heavy atom. The Labute approximate surface area is 156 Å². The predicted octanol–water partition coefficient (Wildman–Crippen LogP) is 2.83. The van der Waals surface area contributed by atoms with Crippen molar-refractivity contribution in [3.8, 4) is 0 Å². The first-order valence-electron chi connectivity index (χ1n) is 8.15. The second-order valence-corrected chi connectivity index (χ2v) is 10.0. The van der Waals surface area contributed by atoms with Gasteiger partial charge in [0.25, 0.3) is 0 Å². The van der Waals surface area contributed by atoms with Crippen molar-refractivity contribution >= 4 is 31.2 Å². The van der Waals surface area contributed by atoms with Crippen LogP contribution in [0.5, 0.6) is 0 Å². The highest BCUT2D eigenvalue weighted by atomic mass is 32.2. The lowest BCUT2D eigenvalue weighted by Gasteiger charge is -2.18. The lowest BCUT2D eigenvalue weighted by molar-refractivity contribution is 0.234. The number of halogens is 2. The number of sulfonamides is 1. The number of nitrogens with one attached hydrogen (secondary N) is 1. The highest BCUT2D eigenvalue weighted by Gasteiger charge is 2.28. The Balaban J connectivity index is 1.70. The molecule has 0 radical (unpaired) electrons. The first-order valence-corrected chi connectivity index (χ1v) is 11.3. The summed E-state index contributed by atoms with van der Waals surface area (Å²) in [7, 11) is -7.87. The van der Waals surface area contributed by atoms with E-state index in [-0.39, 0.29) is 5.75 Å². The minimum Gasteiger partial charge on any atom is -0.381 e. The smallest absolute Gasteiger partial charge is 0.341 e. The number of benzene rings is 2. The summed E-state index contributed by atoms with van der Waals surface area (Å²) >= 11 is 0. The minimum atomic E-state index is -4.61. The van der Waals surface area contributed by atoms with Gasteiger partial charge in [-0.05, 0) is 48.4 Å². The highest BCUT2D eigenvalue weighted by molar-refractivity contribution is 7.93. The van der Waals surface area contributed by atoms with Gasteiger partial charge in [0.05, 0.1) is 16.3 Å². The van der Waals surface area contributed by atoms with E-state index in [0.717, 1.165) is 17.7 Å². The summed E-state index contributed by atoms with van der Waals surface area (Å²) in [6.07, 6.45) is 0.596. The molecule has 2 aromatic rings. The van der Waals surface area contributed by atoms with Gasteiger partial charge in [-0.2, -0.15) is 8.78 Å². The van der Waals surface area contributed by atoms with Crippen molar-refractivity contribution in [3.05, 3.63) is 54.1 Å². The van der Waals surface area contributed by atoms with Gasteiger partial charge >= 0.3 is 5.76 Å². The molecule has 1 aliphatic rings. The third-order valence-corrected chi connectivity index (χ3v) is 7.48.